The minimum Gasteiger partial charge on any atom is -0.382 e. The van der Waals surface area contributed by atoms with Crippen molar-refractivity contribution < 1.29 is 0 Å². The Morgan fingerprint density at radius 3 is 2.89 bits per heavy atom. The van der Waals surface area contributed by atoms with Gasteiger partial charge in [0.15, 0.2) is 5.82 Å². The van der Waals surface area contributed by atoms with Crippen LogP contribution in [0.15, 0.2) is 22.4 Å². The highest BCUT2D eigenvalue weighted by atomic mass is 32.2. The third-order valence-corrected chi connectivity index (χ3v) is 5.76. The molecule has 0 aliphatic carbocycles. The number of rotatable bonds is 5. The first-order valence-electron chi connectivity index (χ1n) is 5.61. The van der Waals surface area contributed by atoms with E-state index in [0.29, 0.717) is 5.82 Å². The molecule has 0 radical (unpaired) electrons. The van der Waals surface area contributed by atoms with Crippen LogP contribution in [-0.2, 0) is 5.41 Å². The van der Waals surface area contributed by atoms with Crippen molar-refractivity contribution in [3.63, 3.8) is 0 Å². The molecule has 2 aromatic rings. The average Bonchev–Trinajstić information content (AvgIpc) is 2.95. The predicted molar refractivity (Wildman–Crippen MR) is 84.1 cm³/mol. The number of nitrogens with one attached hydrogen (secondary N) is 1. The molecule has 2 rings (SSSR count). The van der Waals surface area contributed by atoms with Crippen molar-refractivity contribution >= 4 is 45.5 Å². The Morgan fingerprint density at radius 1 is 1.50 bits per heavy atom. The molecule has 0 saturated carbocycles. The fourth-order valence-corrected chi connectivity index (χ4v) is 4.05. The summed E-state index contributed by atoms with van der Waals surface area (Å²) in [4.78, 5) is 2.44. The van der Waals surface area contributed by atoms with Crippen LogP contribution in [0.25, 0.3) is 0 Å². The molecule has 2 heterocycles. The highest BCUT2D eigenvalue weighted by Crippen LogP contribution is 2.36. The number of nitrogens with two attached hydrogens (primary N) is 1. The van der Waals surface area contributed by atoms with Gasteiger partial charge in [-0.15, -0.1) is 23.1 Å². The van der Waals surface area contributed by atoms with Gasteiger partial charge in [0.2, 0.25) is 0 Å². The number of hydrogen-bond donors (Lipinski definition) is 2. The molecule has 98 valence electrons. The molecule has 18 heavy (non-hydrogen) atoms. The fourth-order valence-electron chi connectivity index (χ4n) is 1.66. The standard InChI is InChI=1S/C12H17N3S3/c1-12(2,8-5-4-6-17-8)7-14-11-9(16-3)10(13)15-18-11/h4-6,14H,7H2,1-3H3,(H2,13,15). The van der Waals surface area contributed by atoms with Gasteiger partial charge in [-0.1, -0.05) is 19.9 Å². The van der Waals surface area contributed by atoms with Gasteiger partial charge in [0.25, 0.3) is 0 Å². The summed E-state index contributed by atoms with van der Waals surface area (Å²) >= 11 is 4.87. The molecule has 0 saturated heterocycles. The average molecular weight is 299 g/mol. The van der Waals surface area contributed by atoms with Crippen LogP contribution in [0.2, 0.25) is 0 Å². The van der Waals surface area contributed by atoms with Crippen molar-refractivity contribution in [1.29, 1.82) is 0 Å². The van der Waals surface area contributed by atoms with E-state index >= 15 is 0 Å². The van der Waals surface area contributed by atoms with Crippen molar-refractivity contribution in [1.82, 2.24) is 4.37 Å². The number of aromatic nitrogens is 1. The Hall–Kier alpha value is -0.720. The van der Waals surface area contributed by atoms with E-state index in [0.717, 1.165) is 16.4 Å². The third-order valence-electron chi connectivity index (χ3n) is 2.76. The summed E-state index contributed by atoms with van der Waals surface area (Å²) in [5.41, 5.74) is 5.94. The van der Waals surface area contributed by atoms with Crippen LogP contribution >= 0.6 is 34.6 Å². The molecule has 0 aromatic carbocycles. The zero-order valence-corrected chi connectivity index (χ0v) is 13.1. The lowest BCUT2D eigenvalue weighted by Gasteiger charge is -2.23. The summed E-state index contributed by atoms with van der Waals surface area (Å²) < 4.78 is 4.19. The maximum atomic E-state index is 5.83. The number of thioether (sulfide) groups is 1. The lowest BCUT2D eigenvalue weighted by molar-refractivity contribution is 0.569. The summed E-state index contributed by atoms with van der Waals surface area (Å²) in [5.74, 6) is 0.629. The van der Waals surface area contributed by atoms with E-state index in [2.05, 4.69) is 41.1 Å². The Bertz CT molecular complexity index is 503. The molecule has 0 unspecified atom stereocenters. The number of nitrogens with zero attached hydrogens (tertiary/aromatic N) is 1. The van der Waals surface area contributed by atoms with Crippen LogP contribution < -0.4 is 11.1 Å². The van der Waals surface area contributed by atoms with Gasteiger partial charge in [0.05, 0.1) is 4.90 Å². The third kappa shape index (κ3) is 2.81. The molecule has 2 aromatic heterocycles. The molecule has 0 amide bonds. The molecule has 0 aliphatic heterocycles. The molecule has 3 N–H and O–H groups in total. The summed E-state index contributed by atoms with van der Waals surface area (Å²) in [6.45, 7) is 5.37. The van der Waals surface area contributed by atoms with Crippen molar-refractivity contribution in [2.24, 2.45) is 0 Å². The van der Waals surface area contributed by atoms with Crippen LogP contribution in [-0.4, -0.2) is 17.2 Å². The second kappa shape index (κ2) is 5.50. The Labute approximate surface area is 120 Å². The molecule has 0 bridgehead atoms. The largest absolute Gasteiger partial charge is 0.382 e. The van der Waals surface area contributed by atoms with E-state index in [4.69, 9.17) is 5.73 Å². The van der Waals surface area contributed by atoms with E-state index in [9.17, 15) is 0 Å². The number of hydrogen-bond acceptors (Lipinski definition) is 6. The van der Waals surface area contributed by atoms with Gasteiger partial charge in [-0.05, 0) is 29.2 Å². The quantitative estimate of drug-likeness (QED) is 0.822. The summed E-state index contributed by atoms with van der Waals surface area (Å²) in [6, 6.07) is 4.28. The van der Waals surface area contributed by atoms with Crippen molar-refractivity contribution in [2.45, 2.75) is 24.2 Å². The van der Waals surface area contributed by atoms with Gasteiger partial charge in [-0.2, -0.15) is 4.37 Å². The van der Waals surface area contributed by atoms with Crippen LogP contribution in [0, 0.1) is 0 Å². The minimum absolute atomic E-state index is 0.114. The van der Waals surface area contributed by atoms with Crippen LogP contribution in [0.4, 0.5) is 10.8 Å². The fraction of sp³-hybridized carbons (Fsp3) is 0.417. The number of nitrogen functional groups attached to an aromatic ring is 1. The van der Waals surface area contributed by atoms with E-state index in [1.807, 2.05) is 6.26 Å². The monoisotopic (exact) mass is 299 g/mol. The normalized spacial score (nSPS) is 11.7. The highest BCUT2D eigenvalue weighted by Gasteiger charge is 2.22. The smallest absolute Gasteiger partial charge is 0.153 e. The van der Waals surface area contributed by atoms with Crippen LogP contribution in [0.3, 0.4) is 0 Å². The summed E-state index contributed by atoms with van der Waals surface area (Å²) in [7, 11) is 0. The van der Waals surface area contributed by atoms with Crippen molar-refractivity contribution in [3.8, 4) is 0 Å². The van der Waals surface area contributed by atoms with Gasteiger partial charge < -0.3 is 11.1 Å². The molecule has 0 fully saturated rings. The van der Waals surface area contributed by atoms with E-state index < -0.39 is 0 Å². The van der Waals surface area contributed by atoms with Crippen LogP contribution in [0.1, 0.15) is 18.7 Å². The van der Waals surface area contributed by atoms with E-state index in [1.165, 1.54) is 16.4 Å². The molecule has 0 aliphatic rings. The first-order chi connectivity index (χ1) is 8.54. The van der Waals surface area contributed by atoms with Crippen molar-refractivity contribution in [3.05, 3.63) is 22.4 Å². The second-order valence-electron chi connectivity index (χ2n) is 4.64. The lowest BCUT2D eigenvalue weighted by Crippen LogP contribution is -2.26. The summed E-state index contributed by atoms with van der Waals surface area (Å²) in [6.07, 6.45) is 2.02. The van der Waals surface area contributed by atoms with Crippen molar-refractivity contribution in [2.75, 3.05) is 23.9 Å². The minimum atomic E-state index is 0.114. The number of thiophene rings is 1. The number of anilines is 2. The van der Waals surface area contributed by atoms with E-state index in [-0.39, 0.29) is 5.41 Å². The Morgan fingerprint density at radius 2 is 2.28 bits per heavy atom. The topological polar surface area (TPSA) is 50.9 Å². The van der Waals surface area contributed by atoms with Crippen LogP contribution in [0.5, 0.6) is 0 Å². The maximum absolute atomic E-state index is 5.83. The SMILES string of the molecule is CSc1c(N)nsc1NCC(C)(C)c1cccs1. The van der Waals surface area contributed by atoms with Gasteiger partial charge in [0, 0.05) is 16.8 Å². The molecule has 3 nitrogen and oxygen atoms in total. The molecule has 0 atom stereocenters. The molecule has 0 spiro atoms. The first-order valence-corrected chi connectivity index (χ1v) is 8.49. The predicted octanol–water partition coefficient (Wildman–Crippen LogP) is 3.90. The zero-order valence-electron chi connectivity index (χ0n) is 10.7. The van der Waals surface area contributed by atoms with Gasteiger partial charge in [-0.25, -0.2) is 0 Å². The lowest BCUT2D eigenvalue weighted by atomic mass is 9.91. The molecule has 6 heteroatoms. The first kappa shape index (κ1) is 13.7. The second-order valence-corrected chi connectivity index (χ2v) is 7.18. The molecular formula is C12H17N3S3. The van der Waals surface area contributed by atoms with Gasteiger partial charge in [-0.3, -0.25) is 0 Å². The Kier molecular flexibility index (Phi) is 4.19. The molecular weight excluding hydrogens is 282 g/mol. The highest BCUT2D eigenvalue weighted by molar-refractivity contribution is 7.99. The van der Waals surface area contributed by atoms with Gasteiger partial charge in [0.1, 0.15) is 5.00 Å². The maximum Gasteiger partial charge on any atom is 0.153 e. The zero-order chi connectivity index (χ0) is 13.2. The van der Waals surface area contributed by atoms with E-state index in [1.54, 1.807) is 23.1 Å². The summed E-state index contributed by atoms with van der Waals surface area (Å²) in [5, 5.41) is 6.67. The van der Waals surface area contributed by atoms with Gasteiger partial charge >= 0.3 is 0 Å². The Balaban J connectivity index is 2.07.